The molecule has 0 aliphatic carbocycles. The number of halogens is 4. The van der Waals surface area contributed by atoms with E-state index in [0.717, 1.165) is 12.1 Å². The molecule has 174 valence electrons. The van der Waals surface area contributed by atoms with Crippen LogP contribution in [-0.2, 0) is 15.8 Å². The third-order valence-electron chi connectivity index (χ3n) is 5.14. The first-order valence-electron chi connectivity index (χ1n) is 9.90. The van der Waals surface area contributed by atoms with Crippen molar-refractivity contribution in [3.8, 4) is 0 Å². The smallest absolute Gasteiger partial charge is 0.360 e. The van der Waals surface area contributed by atoms with E-state index in [2.05, 4.69) is 15.8 Å². The Balaban J connectivity index is 1.47. The quantitative estimate of drug-likeness (QED) is 0.669. The van der Waals surface area contributed by atoms with Crippen LogP contribution in [0.3, 0.4) is 0 Å². The average molecular weight is 474 g/mol. The lowest BCUT2D eigenvalue weighted by molar-refractivity contribution is -0.137. The minimum absolute atomic E-state index is 0.0244. The van der Waals surface area contributed by atoms with E-state index in [9.17, 15) is 22.8 Å². The van der Waals surface area contributed by atoms with Gasteiger partial charge in [-0.1, -0.05) is 16.8 Å². The van der Waals surface area contributed by atoms with Crippen molar-refractivity contribution in [2.45, 2.75) is 26.1 Å². The maximum Gasteiger partial charge on any atom is 0.417 e. The number of nitrogens with one attached hydrogen (secondary N) is 2. The molecule has 32 heavy (non-hydrogen) atoms. The third kappa shape index (κ3) is 6.21. The number of carbonyl (C=O) groups excluding carboxylic acids is 2. The number of rotatable bonds is 6. The first kappa shape index (κ1) is 24.0. The molecule has 8 nitrogen and oxygen atoms in total. The van der Waals surface area contributed by atoms with Gasteiger partial charge in [0.1, 0.15) is 5.76 Å². The molecule has 0 saturated carbocycles. The standard InChI is InChI=1S/C20H23ClF3N5O3/c1-12-9-17(27-32-12)26-19(31)13(2)29-7-5-28(6-8-29)11-18(30)25-14-3-4-16(21)15(10-14)20(22,23)24/h3-4,9-10,13H,5-8,11H2,1-2H3,(H,25,30)(H,26,27,31). The lowest BCUT2D eigenvalue weighted by atomic mass is 10.2. The molecular formula is C20H23ClF3N5O3. The van der Waals surface area contributed by atoms with Crippen LogP contribution >= 0.6 is 11.6 Å². The van der Waals surface area contributed by atoms with E-state index in [0.29, 0.717) is 37.8 Å². The number of alkyl halides is 3. The summed E-state index contributed by atoms with van der Waals surface area (Å²) in [4.78, 5) is 28.5. The Morgan fingerprint density at radius 1 is 1.19 bits per heavy atom. The highest BCUT2D eigenvalue weighted by molar-refractivity contribution is 6.31. The van der Waals surface area contributed by atoms with Gasteiger partial charge in [-0.05, 0) is 32.0 Å². The predicted octanol–water partition coefficient (Wildman–Crippen LogP) is 3.24. The Hall–Kier alpha value is -2.63. The molecule has 1 aliphatic rings. The first-order valence-corrected chi connectivity index (χ1v) is 10.3. The van der Waals surface area contributed by atoms with Crippen LogP contribution in [0.2, 0.25) is 5.02 Å². The Bertz CT molecular complexity index is 974. The number of piperazine rings is 1. The summed E-state index contributed by atoms with van der Waals surface area (Å²) in [5.41, 5.74) is -0.975. The molecule has 12 heteroatoms. The number of anilines is 2. The van der Waals surface area contributed by atoms with Gasteiger partial charge >= 0.3 is 6.18 Å². The Morgan fingerprint density at radius 3 is 2.47 bits per heavy atom. The topological polar surface area (TPSA) is 90.7 Å². The second-order valence-electron chi connectivity index (χ2n) is 7.54. The fourth-order valence-electron chi connectivity index (χ4n) is 3.35. The number of aryl methyl sites for hydroxylation is 1. The van der Waals surface area contributed by atoms with Gasteiger partial charge < -0.3 is 15.2 Å². The van der Waals surface area contributed by atoms with Gasteiger partial charge in [-0.3, -0.25) is 19.4 Å². The van der Waals surface area contributed by atoms with Crippen molar-refractivity contribution >= 4 is 34.9 Å². The molecule has 1 aromatic heterocycles. The maximum atomic E-state index is 13.0. The molecule has 1 aromatic carbocycles. The van der Waals surface area contributed by atoms with E-state index in [-0.39, 0.29) is 18.1 Å². The van der Waals surface area contributed by atoms with E-state index in [1.54, 1.807) is 19.9 Å². The summed E-state index contributed by atoms with van der Waals surface area (Å²) in [6.45, 7) is 5.70. The van der Waals surface area contributed by atoms with Crippen molar-refractivity contribution in [1.82, 2.24) is 15.0 Å². The van der Waals surface area contributed by atoms with Crippen molar-refractivity contribution < 1.29 is 27.3 Å². The summed E-state index contributed by atoms with van der Waals surface area (Å²) in [6.07, 6.45) is -4.61. The predicted molar refractivity (Wildman–Crippen MR) is 112 cm³/mol. The molecule has 0 spiro atoms. The van der Waals surface area contributed by atoms with Crippen molar-refractivity contribution in [2.24, 2.45) is 0 Å². The SMILES string of the molecule is Cc1cc(NC(=O)C(C)N2CCN(CC(=O)Nc3ccc(Cl)c(C(F)(F)F)c3)CC2)no1. The zero-order chi connectivity index (χ0) is 23.5. The molecule has 1 unspecified atom stereocenters. The van der Waals surface area contributed by atoms with Crippen LogP contribution in [0.1, 0.15) is 18.2 Å². The molecule has 2 N–H and O–H groups in total. The molecule has 2 heterocycles. The van der Waals surface area contributed by atoms with E-state index >= 15 is 0 Å². The van der Waals surface area contributed by atoms with Crippen LogP contribution in [0, 0.1) is 6.92 Å². The normalized spacial score (nSPS) is 16.6. The fraction of sp³-hybridized carbons (Fsp3) is 0.450. The van der Waals surface area contributed by atoms with Gasteiger partial charge in [-0.15, -0.1) is 0 Å². The van der Waals surface area contributed by atoms with Crippen LogP contribution in [0.4, 0.5) is 24.7 Å². The fourth-order valence-corrected chi connectivity index (χ4v) is 3.58. The molecule has 0 radical (unpaired) electrons. The Morgan fingerprint density at radius 2 is 1.88 bits per heavy atom. The number of aromatic nitrogens is 1. The molecule has 1 saturated heterocycles. The van der Waals surface area contributed by atoms with Crippen LogP contribution < -0.4 is 10.6 Å². The van der Waals surface area contributed by atoms with Crippen molar-refractivity contribution in [3.63, 3.8) is 0 Å². The molecule has 1 fully saturated rings. The van der Waals surface area contributed by atoms with Gasteiger partial charge in [0.05, 0.1) is 23.2 Å². The maximum absolute atomic E-state index is 13.0. The molecule has 3 rings (SSSR count). The lowest BCUT2D eigenvalue weighted by Crippen LogP contribution is -2.53. The van der Waals surface area contributed by atoms with Crippen LogP contribution in [0.5, 0.6) is 0 Å². The number of benzene rings is 1. The van der Waals surface area contributed by atoms with Crippen LogP contribution in [0.15, 0.2) is 28.8 Å². The summed E-state index contributed by atoms with van der Waals surface area (Å²) in [7, 11) is 0. The van der Waals surface area contributed by atoms with Gasteiger partial charge in [0, 0.05) is 37.9 Å². The largest absolute Gasteiger partial charge is 0.417 e. The zero-order valence-electron chi connectivity index (χ0n) is 17.5. The Labute approximate surface area is 187 Å². The summed E-state index contributed by atoms with van der Waals surface area (Å²) in [6, 6.07) is 4.46. The number of nitrogens with zero attached hydrogens (tertiary/aromatic N) is 3. The van der Waals surface area contributed by atoms with Crippen molar-refractivity contribution in [1.29, 1.82) is 0 Å². The van der Waals surface area contributed by atoms with Crippen LogP contribution in [-0.4, -0.2) is 65.5 Å². The van der Waals surface area contributed by atoms with Gasteiger partial charge in [0.2, 0.25) is 11.8 Å². The summed E-state index contributed by atoms with van der Waals surface area (Å²) in [5, 5.41) is 8.49. The highest BCUT2D eigenvalue weighted by atomic mass is 35.5. The Kier molecular flexibility index (Phi) is 7.42. The number of amides is 2. The number of carbonyl (C=O) groups is 2. The van der Waals surface area contributed by atoms with E-state index in [1.807, 2.05) is 9.80 Å². The summed E-state index contributed by atoms with van der Waals surface area (Å²) < 4.78 is 43.9. The van der Waals surface area contributed by atoms with Crippen molar-refractivity contribution in [3.05, 3.63) is 40.6 Å². The number of hydrogen-bond acceptors (Lipinski definition) is 6. The van der Waals surface area contributed by atoms with Crippen molar-refractivity contribution in [2.75, 3.05) is 43.4 Å². The minimum Gasteiger partial charge on any atom is -0.360 e. The summed E-state index contributed by atoms with van der Waals surface area (Å²) in [5.74, 6) is 0.299. The third-order valence-corrected chi connectivity index (χ3v) is 5.47. The molecule has 1 atom stereocenters. The summed E-state index contributed by atoms with van der Waals surface area (Å²) >= 11 is 5.60. The molecule has 1 aliphatic heterocycles. The van der Waals surface area contributed by atoms with Gasteiger partial charge in [-0.2, -0.15) is 13.2 Å². The molecule has 0 bridgehead atoms. The zero-order valence-corrected chi connectivity index (χ0v) is 18.3. The number of hydrogen-bond donors (Lipinski definition) is 2. The average Bonchev–Trinajstić information content (AvgIpc) is 3.13. The molecule has 2 amide bonds. The van der Waals surface area contributed by atoms with E-state index in [1.165, 1.54) is 6.07 Å². The van der Waals surface area contributed by atoms with Gasteiger partial charge in [0.25, 0.3) is 0 Å². The second kappa shape index (κ2) is 9.88. The van der Waals surface area contributed by atoms with Gasteiger partial charge in [0.15, 0.2) is 5.82 Å². The lowest BCUT2D eigenvalue weighted by Gasteiger charge is -2.37. The van der Waals surface area contributed by atoms with Gasteiger partial charge in [-0.25, -0.2) is 0 Å². The minimum atomic E-state index is -4.61. The monoisotopic (exact) mass is 473 g/mol. The highest BCUT2D eigenvalue weighted by Gasteiger charge is 2.33. The van der Waals surface area contributed by atoms with E-state index < -0.39 is 28.7 Å². The first-order chi connectivity index (χ1) is 15.0. The second-order valence-corrected chi connectivity index (χ2v) is 7.95. The highest BCUT2D eigenvalue weighted by Crippen LogP contribution is 2.36. The molecule has 2 aromatic rings. The van der Waals surface area contributed by atoms with E-state index in [4.69, 9.17) is 16.1 Å². The molecular weight excluding hydrogens is 451 g/mol. The van der Waals surface area contributed by atoms with Crippen LogP contribution in [0.25, 0.3) is 0 Å².